The van der Waals surface area contributed by atoms with Crippen molar-refractivity contribution in [1.29, 1.82) is 0 Å². The lowest BCUT2D eigenvalue weighted by Gasteiger charge is -2.07. The number of benzene rings is 6. The summed E-state index contributed by atoms with van der Waals surface area (Å²) < 4.78 is 4.98. The Labute approximate surface area is 396 Å². The number of phenolic OH excluding ortho intramolecular Hbond substituents is 3. The van der Waals surface area contributed by atoms with Crippen molar-refractivity contribution in [2.45, 2.75) is 64.7 Å². The van der Waals surface area contributed by atoms with E-state index in [1.165, 1.54) is 23.1 Å². The predicted molar refractivity (Wildman–Crippen MR) is 253 cm³/mol. The fraction of sp³-hybridized carbons (Fsp3) is 0.224. The number of rotatable bonds is 13. The Morgan fingerprint density at radius 2 is 0.926 bits per heavy atom. The number of nitro groups is 1. The van der Waals surface area contributed by atoms with Crippen molar-refractivity contribution in [1.82, 2.24) is 0 Å². The Morgan fingerprint density at radius 3 is 1.26 bits per heavy atom. The van der Waals surface area contributed by atoms with Crippen molar-refractivity contribution >= 4 is 30.0 Å². The maximum atomic E-state index is 10.4. The largest absolute Gasteiger partial charge is 0.507 e. The minimum atomic E-state index is -0.615. The standard InChI is InChI=1S/2C9H12O3.C8H9NO4.C8H10O2.C8H8OS.C7H6O4/c1-12-9-3-7(5-10)2-8(4-9)6-11;1-6-2-7(4-10)9(12)8(3-6)5-11;10-4-6-1-7(5-11)3-8(2-6)9(12)13;9-5-7-2-1-3-8(4-7)6-10;1-10-8-4-2-7(6-9)3-5-8;8-3-4-1-5(9)7(11)6(10)2-4/h2-4,10-11H,5-6H2,1H3;2-3,10-12H,4-5H2,1H3;1-3,10-11H,4-5H2;1-4,9-10H,5-6H2;2-6H,1H3;1-3,9-11H. The van der Waals surface area contributed by atoms with Crippen LogP contribution in [0.2, 0.25) is 0 Å². The summed E-state index contributed by atoms with van der Waals surface area (Å²) in [6.07, 6.45) is 3.32. The number of nitro benzene ring substituents is 1. The highest BCUT2D eigenvalue weighted by atomic mass is 32.2. The van der Waals surface area contributed by atoms with Gasteiger partial charge in [0.2, 0.25) is 0 Å². The molecule has 6 aromatic carbocycles. The molecule has 68 heavy (non-hydrogen) atoms. The van der Waals surface area contributed by atoms with Gasteiger partial charge in [0.1, 0.15) is 24.1 Å². The van der Waals surface area contributed by atoms with Crippen LogP contribution in [-0.4, -0.2) is 92.1 Å². The summed E-state index contributed by atoms with van der Waals surface area (Å²) in [5.74, 6) is -0.981. The number of aromatic hydroxyl groups is 4. The molecule has 0 amide bonds. The van der Waals surface area contributed by atoms with Gasteiger partial charge in [0.05, 0.1) is 64.9 Å². The van der Waals surface area contributed by atoms with Gasteiger partial charge in [0, 0.05) is 39.3 Å². The van der Waals surface area contributed by atoms with Gasteiger partial charge in [-0.25, -0.2) is 0 Å². The van der Waals surface area contributed by atoms with Crippen molar-refractivity contribution in [3.05, 3.63) is 181 Å². The first kappa shape index (κ1) is 59.1. The van der Waals surface area contributed by atoms with E-state index in [0.29, 0.717) is 34.3 Å². The van der Waals surface area contributed by atoms with Crippen molar-refractivity contribution in [3.63, 3.8) is 0 Å². The van der Waals surface area contributed by atoms with Gasteiger partial charge < -0.3 is 66.0 Å². The summed E-state index contributed by atoms with van der Waals surface area (Å²) in [7, 11) is 1.55. The highest BCUT2D eigenvalue weighted by Gasteiger charge is 2.09. The smallest absolute Gasteiger partial charge is 0.270 e. The lowest BCUT2D eigenvalue weighted by molar-refractivity contribution is -0.385. The number of non-ortho nitro benzene ring substituents is 1. The van der Waals surface area contributed by atoms with E-state index < -0.39 is 22.2 Å². The Hall–Kier alpha value is -6.91. The molecule has 0 saturated heterocycles. The van der Waals surface area contributed by atoms with Gasteiger partial charge in [-0.3, -0.25) is 19.7 Å². The fourth-order valence-electron chi connectivity index (χ4n) is 5.44. The second-order valence-electron chi connectivity index (χ2n) is 13.9. The molecule has 0 radical (unpaired) electrons. The van der Waals surface area contributed by atoms with Crippen molar-refractivity contribution in [2.75, 3.05) is 13.4 Å². The molecule has 19 heteroatoms. The SMILES string of the molecule is COc1cc(CO)cc(CO)c1.CSc1ccc(C=O)cc1.Cc1cc(CO)c(O)c(CO)c1.O=Cc1cc(O)c(O)c(O)c1.O=[N+]([O-])c1cc(CO)cc(CO)c1.OCc1cccc(CO)c1. The van der Waals surface area contributed by atoms with Crippen molar-refractivity contribution < 1.29 is 80.5 Å². The van der Waals surface area contributed by atoms with Gasteiger partial charge in [-0.1, -0.05) is 66.2 Å². The first-order valence-corrected chi connectivity index (χ1v) is 21.3. The van der Waals surface area contributed by atoms with Gasteiger partial charge >= 0.3 is 0 Å². The summed E-state index contributed by atoms with van der Waals surface area (Å²) in [5.41, 5.74) is 6.59. The van der Waals surface area contributed by atoms with Gasteiger partial charge in [-0.2, -0.15) is 0 Å². The van der Waals surface area contributed by atoms with E-state index in [0.717, 1.165) is 51.8 Å². The molecule has 6 rings (SSSR count). The fourth-order valence-corrected chi connectivity index (χ4v) is 5.85. The second-order valence-corrected chi connectivity index (χ2v) is 14.8. The zero-order valence-electron chi connectivity index (χ0n) is 37.5. The molecule has 0 aromatic heterocycles. The number of ether oxygens (including phenoxy) is 1. The first-order valence-electron chi connectivity index (χ1n) is 20.0. The third-order valence-electron chi connectivity index (χ3n) is 8.83. The van der Waals surface area contributed by atoms with Gasteiger partial charge in [-0.05, 0) is 83.0 Å². The summed E-state index contributed by atoms with van der Waals surface area (Å²) in [6.45, 7) is 0.887. The highest BCUT2D eigenvalue weighted by molar-refractivity contribution is 7.98. The normalized spacial score (nSPS) is 9.81. The number of phenols is 4. The molecule has 0 fully saturated rings. The monoisotopic (exact) mass is 963 g/mol. The van der Waals surface area contributed by atoms with Crippen molar-refractivity contribution in [3.8, 4) is 28.7 Å². The Balaban J connectivity index is 0.000000409. The number of aldehydes is 2. The number of aryl methyl sites for hydroxylation is 1. The van der Waals surface area contributed by atoms with Crippen LogP contribution in [0.25, 0.3) is 0 Å². The van der Waals surface area contributed by atoms with Crippen LogP contribution in [0, 0.1) is 17.0 Å². The quantitative estimate of drug-likeness (QED) is 0.0225. The number of hydrogen-bond acceptors (Lipinski definition) is 18. The summed E-state index contributed by atoms with van der Waals surface area (Å²) in [4.78, 5) is 31.3. The summed E-state index contributed by atoms with van der Waals surface area (Å²) in [6, 6.07) is 29.5. The zero-order chi connectivity index (χ0) is 51.2. The van der Waals surface area contributed by atoms with Crippen LogP contribution >= 0.6 is 11.8 Å². The van der Waals surface area contributed by atoms with Crippen LogP contribution in [0.1, 0.15) is 70.8 Å². The van der Waals surface area contributed by atoms with Gasteiger partial charge in [0.15, 0.2) is 17.2 Å². The molecule has 0 aliphatic carbocycles. The number of thioether (sulfide) groups is 1. The van der Waals surface area contributed by atoms with Crippen LogP contribution in [0.15, 0.2) is 114 Å². The summed E-state index contributed by atoms with van der Waals surface area (Å²) in [5, 5.41) is 116. The molecule has 366 valence electrons. The molecule has 0 bridgehead atoms. The van der Waals surface area contributed by atoms with Crippen LogP contribution in [0.3, 0.4) is 0 Å². The minimum absolute atomic E-state index is 0.00870. The van der Waals surface area contributed by atoms with Crippen LogP contribution in [0.4, 0.5) is 5.69 Å². The number of methoxy groups -OCH3 is 1. The number of carbonyl (C=O) groups is 2. The molecule has 0 unspecified atom stereocenters. The molecule has 0 atom stereocenters. The topological polar surface area (TPSA) is 329 Å². The molecule has 0 heterocycles. The van der Waals surface area contributed by atoms with E-state index in [-0.39, 0.29) is 69.9 Å². The minimum Gasteiger partial charge on any atom is -0.507 e. The summed E-state index contributed by atoms with van der Waals surface area (Å²) >= 11 is 1.67. The number of carbonyl (C=O) groups excluding carboxylic acids is 2. The lowest BCUT2D eigenvalue weighted by atomic mass is 10.1. The second kappa shape index (κ2) is 32.7. The van der Waals surface area contributed by atoms with Crippen LogP contribution < -0.4 is 4.74 Å². The third kappa shape index (κ3) is 21.2. The van der Waals surface area contributed by atoms with E-state index in [9.17, 15) is 24.8 Å². The van der Waals surface area contributed by atoms with Gasteiger partial charge in [-0.15, -0.1) is 11.8 Å². The average molecular weight is 964 g/mol. The van der Waals surface area contributed by atoms with E-state index in [1.54, 1.807) is 55.3 Å². The number of hydrogen-bond donors (Lipinski definition) is 12. The molecule has 0 aliphatic rings. The van der Waals surface area contributed by atoms with Crippen LogP contribution in [-0.2, 0) is 52.9 Å². The van der Waals surface area contributed by atoms with E-state index in [4.69, 9.17) is 60.9 Å². The number of aliphatic hydroxyl groups excluding tert-OH is 8. The number of aliphatic hydroxyl groups is 8. The van der Waals surface area contributed by atoms with Gasteiger partial charge in [0.25, 0.3) is 5.69 Å². The van der Waals surface area contributed by atoms with E-state index in [2.05, 4.69) is 0 Å². The molecular formula is C49H57NO17S. The Morgan fingerprint density at radius 1 is 0.529 bits per heavy atom. The van der Waals surface area contributed by atoms with E-state index >= 15 is 0 Å². The average Bonchev–Trinajstić information content (AvgIpc) is 3.38. The molecule has 18 nitrogen and oxygen atoms in total. The Bertz CT molecular complexity index is 2320. The molecular weight excluding hydrogens is 907 g/mol. The maximum Gasteiger partial charge on any atom is 0.270 e. The lowest BCUT2D eigenvalue weighted by Crippen LogP contribution is -1.94. The molecule has 0 spiro atoms. The first-order chi connectivity index (χ1) is 32.5. The van der Waals surface area contributed by atoms with Crippen LogP contribution in [0.5, 0.6) is 28.7 Å². The third-order valence-corrected chi connectivity index (χ3v) is 9.57. The molecule has 6 aromatic rings. The zero-order valence-corrected chi connectivity index (χ0v) is 38.3. The highest BCUT2D eigenvalue weighted by Crippen LogP contribution is 2.34. The predicted octanol–water partition coefficient (Wildman–Crippen LogP) is 5.45. The number of nitrogens with zero attached hydrogens (tertiary/aromatic N) is 1. The van der Waals surface area contributed by atoms with E-state index in [1.807, 2.05) is 55.6 Å². The Kier molecular flexibility index (Phi) is 28.4. The molecule has 0 aliphatic heterocycles. The molecule has 12 N–H and O–H groups in total. The maximum absolute atomic E-state index is 10.4. The molecule has 0 saturated carbocycles. The van der Waals surface area contributed by atoms with Crippen molar-refractivity contribution in [2.24, 2.45) is 0 Å².